The number of piperidine rings is 1. The molecular weight excluding hydrogens is 354 g/mol. The average Bonchev–Trinajstić information content (AvgIpc) is 2.65. The molecule has 0 spiro atoms. The molecule has 1 aromatic heterocycles. The van der Waals surface area contributed by atoms with E-state index in [1.165, 1.54) is 6.42 Å². The van der Waals surface area contributed by atoms with E-state index in [-0.39, 0.29) is 17.7 Å². The minimum absolute atomic E-state index is 0.0848. The Kier molecular flexibility index (Phi) is 6.52. The topological polar surface area (TPSA) is 87.2 Å². The second-order valence-electron chi connectivity index (χ2n) is 9.33. The van der Waals surface area contributed by atoms with E-state index in [4.69, 9.17) is 0 Å². The predicted octanol–water partition coefficient (Wildman–Crippen LogP) is 2.69. The van der Waals surface area contributed by atoms with Gasteiger partial charge in [-0.25, -0.2) is 9.97 Å². The molecule has 0 radical (unpaired) electrons. The van der Waals surface area contributed by atoms with Crippen molar-refractivity contribution in [1.82, 2.24) is 20.8 Å². The molecule has 2 unspecified atom stereocenters. The van der Waals surface area contributed by atoms with Crippen LogP contribution >= 0.6 is 0 Å². The molecule has 154 valence electrons. The van der Waals surface area contributed by atoms with Crippen LogP contribution in [0.5, 0.6) is 0 Å². The molecule has 2 N–H and O–H groups in total. The third-order valence-electron chi connectivity index (χ3n) is 5.98. The quantitative estimate of drug-likeness (QED) is 0.776. The monoisotopic (exact) mass is 387 g/mol. The Bertz CT molecular complexity index is 671. The molecule has 1 saturated carbocycles. The normalized spacial score (nSPS) is 25.2. The summed E-state index contributed by atoms with van der Waals surface area (Å²) in [6.45, 7) is 8.31. The van der Waals surface area contributed by atoms with Crippen LogP contribution in [0.2, 0.25) is 0 Å². The predicted molar refractivity (Wildman–Crippen MR) is 108 cm³/mol. The molecule has 2 amide bonds. The summed E-state index contributed by atoms with van der Waals surface area (Å²) in [7, 11) is 0. The molecule has 1 aliphatic heterocycles. The molecule has 7 heteroatoms. The zero-order chi connectivity index (χ0) is 20.1. The Hall–Kier alpha value is -2.18. The van der Waals surface area contributed by atoms with Crippen LogP contribution in [-0.4, -0.2) is 34.9 Å². The van der Waals surface area contributed by atoms with Crippen LogP contribution in [0.4, 0.5) is 5.95 Å². The lowest BCUT2D eigenvalue weighted by Crippen LogP contribution is -2.48. The van der Waals surface area contributed by atoms with Crippen molar-refractivity contribution in [3.8, 4) is 0 Å². The second kappa shape index (κ2) is 8.88. The van der Waals surface area contributed by atoms with Gasteiger partial charge in [-0.2, -0.15) is 0 Å². The fourth-order valence-electron chi connectivity index (χ4n) is 5.04. The first-order chi connectivity index (χ1) is 13.3. The van der Waals surface area contributed by atoms with Crippen molar-refractivity contribution >= 4 is 17.8 Å². The number of hydrazine groups is 1. The van der Waals surface area contributed by atoms with E-state index < -0.39 is 0 Å². The summed E-state index contributed by atoms with van der Waals surface area (Å²) in [5, 5.41) is 0. The molecule has 1 aliphatic carbocycles. The van der Waals surface area contributed by atoms with Crippen molar-refractivity contribution < 1.29 is 9.59 Å². The average molecular weight is 388 g/mol. The van der Waals surface area contributed by atoms with Gasteiger partial charge in [-0.1, -0.05) is 20.8 Å². The highest BCUT2D eigenvalue weighted by Crippen LogP contribution is 2.42. The molecule has 2 heterocycles. The summed E-state index contributed by atoms with van der Waals surface area (Å²) in [5.74, 6) is 1.48. The molecule has 2 atom stereocenters. The molecule has 0 aromatic carbocycles. The first-order valence-corrected chi connectivity index (χ1v) is 10.4. The minimum atomic E-state index is -0.0978. The van der Waals surface area contributed by atoms with Gasteiger partial charge >= 0.3 is 0 Å². The van der Waals surface area contributed by atoms with Gasteiger partial charge in [0.2, 0.25) is 17.8 Å². The lowest BCUT2D eigenvalue weighted by atomic mass is 9.67. The smallest absolute Gasteiger partial charge is 0.241 e. The lowest BCUT2D eigenvalue weighted by molar-refractivity contribution is -0.132. The van der Waals surface area contributed by atoms with E-state index in [2.05, 4.69) is 46.5 Å². The highest BCUT2D eigenvalue weighted by molar-refractivity contribution is 5.83. The van der Waals surface area contributed by atoms with Crippen LogP contribution in [0.15, 0.2) is 18.5 Å². The number of rotatable bonds is 4. The van der Waals surface area contributed by atoms with Gasteiger partial charge in [0.05, 0.1) is 0 Å². The van der Waals surface area contributed by atoms with Gasteiger partial charge in [-0.15, -0.1) is 0 Å². The van der Waals surface area contributed by atoms with E-state index in [1.807, 2.05) is 0 Å². The highest BCUT2D eigenvalue weighted by atomic mass is 16.2. The summed E-state index contributed by atoms with van der Waals surface area (Å²) in [6, 6.07) is 1.79. The number of hydrogen-bond donors (Lipinski definition) is 2. The Balaban J connectivity index is 1.39. The third kappa shape index (κ3) is 5.66. The fraction of sp³-hybridized carbons (Fsp3) is 0.714. The van der Waals surface area contributed by atoms with Crippen LogP contribution in [0.25, 0.3) is 0 Å². The number of carbonyl (C=O) groups excluding carboxylic acids is 2. The minimum Gasteiger partial charge on any atom is -0.341 e. The van der Waals surface area contributed by atoms with Crippen LogP contribution in [0.1, 0.15) is 59.3 Å². The van der Waals surface area contributed by atoms with Crippen molar-refractivity contribution in [3.63, 3.8) is 0 Å². The number of nitrogens with zero attached hydrogens (tertiary/aromatic N) is 3. The molecule has 1 saturated heterocycles. The van der Waals surface area contributed by atoms with Crippen molar-refractivity contribution in [2.45, 2.75) is 59.3 Å². The van der Waals surface area contributed by atoms with Gasteiger partial charge in [-0.05, 0) is 55.4 Å². The lowest BCUT2D eigenvalue weighted by Gasteiger charge is -2.38. The van der Waals surface area contributed by atoms with E-state index in [9.17, 15) is 9.59 Å². The van der Waals surface area contributed by atoms with Gasteiger partial charge in [0.15, 0.2) is 0 Å². The molecule has 7 nitrogen and oxygen atoms in total. The van der Waals surface area contributed by atoms with Gasteiger partial charge in [0, 0.05) is 37.8 Å². The SMILES string of the molecule is CC1CC(CC(=O)NNC(=O)C2CCN(c3ncccn3)CC2)CC(C)(C)C1. The molecular formula is C21H33N5O2. The largest absolute Gasteiger partial charge is 0.341 e. The van der Waals surface area contributed by atoms with E-state index >= 15 is 0 Å². The highest BCUT2D eigenvalue weighted by Gasteiger charge is 2.33. The van der Waals surface area contributed by atoms with Crippen LogP contribution < -0.4 is 15.8 Å². The summed E-state index contributed by atoms with van der Waals surface area (Å²) < 4.78 is 0. The van der Waals surface area contributed by atoms with E-state index in [0.29, 0.717) is 29.6 Å². The molecule has 28 heavy (non-hydrogen) atoms. The first kappa shape index (κ1) is 20.6. The van der Waals surface area contributed by atoms with Crippen molar-refractivity contribution in [3.05, 3.63) is 18.5 Å². The van der Waals surface area contributed by atoms with Gasteiger partial charge < -0.3 is 4.90 Å². The van der Waals surface area contributed by atoms with E-state index in [0.717, 1.165) is 38.8 Å². The number of carbonyl (C=O) groups is 2. The first-order valence-electron chi connectivity index (χ1n) is 10.4. The molecule has 2 aliphatic rings. The number of aromatic nitrogens is 2. The zero-order valence-corrected chi connectivity index (χ0v) is 17.3. The summed E-state index contributed by atoms with van der Waals surface area (Å²) in [5.41, 5.74) is 5.57. The Morgan fingerprint density at radius 2 is 1.82 bits per heavy atom. The van der Waals surface area contributed by atoms with Crippen LogP contribution in [0.3, 0.4) is 0 Å². The molecule has 1 aromatic rings. The van der Waals surface area contributed by atoms with Gasteiger partial charge in [0.25, 0.3) is 0 Å². The maximum Gasteiger partial charge on any atom is 0.241 e. The molecule has 2 fully saturated rings. The van der Waals surface area contributed by atoms with Crippen LogP contribution in [0, 0.1) is 23.2 Å². The summed E-state index contributed by atoms with van der Waals surface area (Å²) >= 11 is 0. The maximum atomic E-state index is 12.4. The molecule has 3 rings (SSSR count). The fourth-order valence-corrected chi connectivity index (χ4v) is 5.04. The van der Waals surface area contributed by atoms with Crippen molar-refractivity contribution in [2.24, 2.45) is 23.2 Å². The summed E-state index contributed by atoms with van der Waals surface area (Å²) in [6.07, 6.45) is 8.77. The van der Waals surface area contributed by atoms with Gasteiger partial charge in [0.1, 0.15) is 0 Å². The van der Waals surface area contributed by atoms with Crippen molar-refractivity contribution in [2.75, 3.05) is 18.0 Å². The number of nitrogens with one attached hydrogen (secondary N) is 2. The Morgan fingerprint density at radius 1 is 1.14 bits per heavy atom. The number of amides is 2. The Morgan fingerprint density at radius 3 is 2.46 bits per heavy atom. The second-order valence-corrected chi connectivity index (χ2v) is 9.33. The van der Waals surface area contributed by atoms with Crippen molar-refractivity contribution in [1.29, 1.82) is 0 Å². The Labute approximate surface area is 167 Å². The molecule has 0 bridgehead atoms. The maximum absolute atomic E-state index is 12.4. The third-order valence-corrected chi connectivity index (χ3v) is 5.98. The van der Waals surface area contributed by atoms with E-state index in [1.54, 1.807) is 18.5 Å². The van der Waals surface area contributed by atoms with Crippen LogP contribution in [-0.2, 0) is 9.59 Å². The number of hydrogen-bond acceptors (Lipinski definition) is 5. The zero-order valence-electron chi connectivity index (χ0n) is 17.3. The van der Waals surface area contributed by atoms with Gasteiger partial charge in [-0.3, -0.25) is 20.4 Å². The summed E-state index contributed by atoms with van der Waals surface area (Å²) in [4.78, 5) is 35.3. The number of anilines is 1. The standard InChI is InChI=1S/C21H33N5O2/c1-15-11-16(14-21(2,3)13-15)12-18(27)24-25-19(28)17-5-9-26(10-6-17)20-22-7-4-8-23-20/h4,7-8,15-17H,5-6,9-14H2,1-3H3,(H,24,27)(H,25,28).